The number of sulfonamides is 1. The van der Waals surface area contributed by atoms with E-state index < -0.39 is 21.4 Å². The highest BCUT2D eigenvalue weighted by Gasteiger charge is 2.51. The highest BCUT2D eigenvalue weighted by atomic mass is 32.2. The fourth-order valence-corrected chi connectivity index (χ4v) is 3.88. The number of nitrogens with zero attached hydrogens (tertiary/aromatic N) is 1. The highest BCUT2D eigenvalue weighted by Crippen LogP contribution is 2.48. The summed E-state index contributed by atoms with van der Waals surface area (Å²) < 4.78 is 25.8. The van der Waals surface area contributed by atoms with E-state index >= 15 is 0 Å². The summed E-state index contributed by atoms with van der Waals surface area (Å²) >= 11 is 0. The molecule has 0 radical (unpaired) electrons. The van der Waals surface area contributed by atoms with Gasteiger partial charge in [0.25, 0.3) is 10.0 Å². The van der Waals surface area contributed by atoms with Gasteiger partial charge in [-0.3, -0.25) is 9.63 Å². The largest absolute Gasteiger partial charge is 0.481 e. The molecule has 1 heterocycles. The molecule has 1 aromatic rings. The topological polar surface area (TPSA) is 83.9 Å². The zero-order chi connectivity index (χ0) is 15.1. The van der Waals surface area contributed by atoms with Crippen molar-refractivity contribution < 1.29 is 23.2 Å². The van der Waals surface area contributed by atoms with Crippen molar-refractivity contribution in [1.29, 1.82) is 0 Å². The van der Waals surface area contributed by atoms with Gasteiger partial charge in [-0.1, -0.05) is 16.6 Å². The van der Waals surface area contributed by atoms with Gasteiger partial charge in [-0.15, -0.1) is 0 Å². The normalized spacial score (nSPS) is 21.9. The van der Waals surface area contributed by atoms with Crippen molar-refractivity contribution in [2.75, 3.05) is 13.2 Å². The molecular weight excluding hydrogens is 294 g/mol. The van der Waals surface area contributed by atoms with E-state index in [4.69, 9.17) is 4.84 Å². The van der Waals surface area contributed by atoms with Crippen LogP contribution in [-0.4, -0.2) is 37.1 Å². The fraction of sp³-hybridized carbons (Fsp3) is 0.500. The van der Waals surface area contributed by atoms with E-state index in [1.807, 2.05) is 0 Å². The van der Waals surface area contributed by atoms with Gasteiger partial charge in [0.05, 0.1) is 16.9 Å². The zero-order valence-corrected chi connectivity index (χ0v) is 12.3. The van der Waals surface area contributed by atoms with Crippen molar-refractivity contribution in [3.63, 3.8) is 0 Å². The minimum absolute atomic E-state index is 0.134. The number of hydrogen-bond donors (Lipinski definition) is 1. The van der Waals surface area contributed by atoms with E-state index in [0.29, 0.717) is 31.6 Å². The van der Waals surface area contributed by atoms with E-state index in [0.717, 1.165) is 17.3 Å². The molecule has 1 N–H and O–H groups in total. The Labute approximate surface area is 123 Å². The van der Waals surface area contributed by atoms with Crippen LogP contribution in [0.1, 0.15) is 31.2 Å². The van der Waals surface area contributed by atoms with E-state index in [9.17, 15) is 18.3 Å². The second-order valence-corrected chi connectivity index (χ2v) is 7.31. The summed E-state index contributed by atoms with van der Waals surface area (Å²) in [5.41, 5.74) is -0.155. The molecular formula is C14H17NO5S. The number of hydroxylamine groups is 1. The van der Waals surface area contributed by atoms with Gasteiger partial charge < -0.3 is 5.11 Å². The quantitative estimate of drug-likeness (QED) is 0.911. The first-order valence-electron chi connectivity index (χ1n) is 6.96. The van der Waals surface area contributed by atoms with Gasteiger partial charge in [-0.05, 0) is 43.4 Å². The third kappa shape index (κ3) is 2.45. The molecule has 2 aliphatic rings. The number of carbonyl (C=O) groups is 1. The number of aliphatic carboxylic acids is 1. The van der Waals surface area contributed by atoms with E-state index in [1.165, 1.54) is 12.1 Å². The van der Waals surface area contributed by atoms with Crippen molar-refractivity contribution in [3.05, 3.63) is 29.8 Å². The number of carboxylic acid groups (broad SMARTS) is 1. The van der Waals surface area contributed by atoms with Crippen LogP contribution in [0.2, 0.25) is 0 Å². The lowest BCUT2D eigenvalue weighted by Crippen LogP contribution is -2.35. The summed E-state index contributed by atoms with van der Waals surface area (Å²) in [5.74, 6) is -0.850. The minimum atomic E-state index is -3.66. The lowest BCUT2D eigenvalue weighted by molar-refractivity contribution is -0.140. The standard InChI is InChI=1S/C14H17NO5S/c16-13(17)14(7-8-14)11-3-5-12(6-4-11)21(18,19)15-9-1-2-10-20-15/h3-6H,1-2,7-10H2,(H,16,17). The average Bonchev–Trinajstić information content (AvgIpc) is 3.30. The SMILES string of the molecule is O=C(O)C1(c2ccc(S(=O)(=O)N3CCCCO3)cc2)CC1. The third-order valence-electron chi connectivity index (χ3n) is 4.10. The molecule has 0 unspecified atom stereocenters. The molecule has 0 bridgehead atoms. The minimum Gasteiger partial charge on any atom is -0.481 e. The van der Waals surface area contributed by atoms with Crippen LogP contribution in [0.15, 0.2) is 29.2 Å². The van der Waals surface area contributed by atoms with Crippen LogP contribution in [0.25, 0.3) is 0 Å². The van der Waals surface area contributed by atoms with Crippen molar-refractivity contribution in [3.8, 4) is 0 Å². The maximum Gasteiger partial charge on any atom is 0.314 e. The molecule has 7 heteroatoms. The third-order valence-corrected chi connectivity index (χ3v) is 5.79. The van der Waals surface area contributed by atoms with Gasteiger partial charge >= 0.3 is 5.97 Å². The Morgan fingerprint density at radius 3 is 2.33 bits per heavy atom. The van der Waals surface area contributed by atoms with Gasteiger partial charge in [0.15, 0.2) is 0 Å². The van der Waals surface area contributed by atoms with Crippen LogP contribution in [-0.2, 0) is 25.1 Å². The lowest BCUT2D eigenvalue weighted by atomic mass is 9.96. The van der Waals surface area contributed by atoms with E-state index in [2.05, 4.69) is 0 Å². The number of benzene rings is 1. The second kappa shape index (κ2) is 5.08. The second-order valence-electron chi connectivity index (χ2n) is 5.48. The average molecular weight is 311 g/mol. The highest BCUT2D eigenvalue weighted by molar-refractivity contribution is 7.89. The Bertz CT molecular complexity index is 642. The first-order chi connectivity index (χ1) is 9.97. The molecule has 0 spiro atoms. The molecule has 3 rings (SSSR count). The predicted molar refractivity (Wildman–Crippen MR) is 74.1 cm³/mol. The van der Waals surface area contributed by atoms with Crippen LogP contribution in [0, 0.1) is 0 Å². The first kappa shape index (κ1) is 14.5. The molecule has 0 atom stereocenters. The van der Waals surface area contributed by atoms with E-state index in [1.54, 1.807) is 12.1 Å². The Kier molecular flexibility index (Phi) is 3.51. The monoisotopic (exact) mass is 311 g/mol. The summed E-state index contributed by atoms with van der Waals surface area (Å²) in [4.78, 5) is 16.6. The Balaban J connectivity index is 1.85. The number of rotatable bonds is 4. The molecule has 1 aliphatic carbocycles. The Morgan fingerprint density at radius 2 is 1.86 bits per heavy atom. The van der Waals surface area contributed by atoms with Crippen molar-refractivity contribution in [2.45, 2.75) is 36.0 Å². The van der Waals surface area contributed by atoms with Crippen molar-refractivity contribution >= 4 is 16.0 Å². The summed E-state index contributed by atoms with van der Waals surface area (Å²) in [6, 6.07) is 6.12. The summed E-state index contributed by atoms with van der Waals surface area (Å²) in [7, 11) is -3.66. The maximum atomic E-state index is 12.4. The van der Waals surface area contributed by atoms with Gasteiger partial charge in [0, 0.05) is 6.54 Å². The van der Waals surface area contributed by atoms with Gasteiger partial charge in [0.1, 0.15) is 0 Å². The van der Waals surface area contributed by atoms with Gasteiger partial charge in [-0.25, -0.2) is 8.42 Å². The molecule has 6 nitrogen and oxygen atoms in total. The molecule has 1 aromatic carbocycles. The summed E-state index contributed by atoms with van der Waals surface area (Å²) in [5, 5.41) is 9.24. The Morgan fingerprint density at radius 1 is 1.19 bits per heavy atom. The molecule has 21 heavy (non-hydrogen) atoms. The first-order valence-corrected chi connectivity index (χ1v) is 8.40. The zero-order valence-electron chi connectivity index (χ0n) is 11.5. The molecule has 0 amide bonds. The van der Waals surface area contributed by atoms with Crippen LogP contribution >= 0.6 is 0 Å². The fourth-order valence-electron chi connectivity index (χ4n) is 2.58. The van der Waals surface area contributed by atoms with Crippen molar-refractivity contribution in [1.82, 2.24) is 4.47 Å². The van der Waals surface area contributed by atoms with Crippen LogP contribution < -0.4 is 0 Å². The van der Waals surface area contributed by atoms with Gasteiger partial charge in [0.2, 0.25) is 0 Å². The molecule has 1 saturated carbocycles. The lowest BCUT2D eigenvalue weighted by Gasteiger charge is -2.25. The molecule has 0 aromatic heterocycles. The molecule has 114 valence electrons. The van der Waals surface area contributed by atoms with Crippen LogP contribution in [0.5, 0.6) is 0 Å². The molecule has 1 saturated heterocycles. The predicted octanol–water partition coefficient (Wildman–Crippen LogP) is 1.52. The van der Waals surface area contributed by atoms with E-state index in [-0.39, 0.29) is 4.90 Å². The van der Waals surface area contributed by atoms with Crippen LogP contribution in [0.3, 0.4) is 0 Å². The van der Waals surface area contributed by atoms with Crippen LogP contribution in [0.4, 0.5) is 0 Å². The molecule has 2 fully saturated rings. The smallest absolute Gasteiger partial charge is 0.314 e. The summed E-state index contributed by atoms with van der Waals surface area (Å²) in [6.07, 6.45) is 2.83. The van der Waals surface area contributed by atoms with Crippen molar-refractivity contribution in [2.24, 2.45) is 0 Å². The number of carboxylic acids is 1. The maximum absolute atomic E-state index is 12.4. The Hall–Kier alpha value is -1.44. The summed E-state index contributed by atoms with van der Waals surface area (Å²) in [6.45, 7) is 0.753. The molecule has 1 aliphatic heterocycles. The van der Waals surface area contributed by atoms with Gasteiger partial charge in [-0.2, -0.15) is 0 Å². The number of hydrogen-bond acceptors (Lipinski definition) is 4.